The predicted molar refractivity (Wildman–Crippen MR) is 46.5 cm³/mol. The quantitative estimate of drug-likeness (QED) is 0.388. The van der Waals surface area contributed by atoms with Crippen molar-refractivity contribution in [2.75, 3.05) is 6.61 Å². The monoisotopic (exact) mass is 189 g/mol. The Balaban J connectivity index is 3.89. The Kier molecular flexibility index (Phi) is 5.01. The molecule has 0 aromatic carbocycles. The van der Waals surface area contributed by atoms with E-state index in [1.165, 1.54) is 0 Å². The summed E-state index contributed by atoms with van der Waals surface area (Å²) >= 11 is 0. The second kappa shape index (κ2) is 5.50. The van der Waals surface area contributed by atoms with Crippen molar-refractivity contribution in [1.82, 2.24) is 5.32 Å². The molecule has 76 valence electrons. The highest BCUT2D eigenvalue weighted by Crippen LogP contribution is 1.88. The number of primary amides is 1. The molecule has 0 radical (unpaired) electrons. The van der Waals surface area contributed by atoms with Gasteiger partial charge in [-0.15, -0.1) is 0 Å². The number of hydrogen-bond donors (Lipinski definition) is 4. The topological polar surface area (TPSA) is 118 Å². The zero-order valence-electron chi connectivity index (χ0n) is 7.49. The smallest absolute Gasteiger partial charge is 0.237 e. The number of aliphatic hydroxyl groups is 1. The second-order valence-electron chi connectivity index (χ2n) is 2.87. The van der Waals surface area contributed by atoms with Crippen molar-refractivity contribution in [2.24, 2.45) is 11.5 Å². The SMILES string of the molecule is C[C@H](CO)NC(=O)C(N)CC(N)=O. The molecule has 0 aliphatic heterocycles. The summed E-state index contributed by atoms with van der Waals surface area (Å²) in [5, 5.41) is 11.0. The highest BCUT2D eigenvalue weighted by Gasteiger charge is 2.16. The molecule has 0 aliphatic carbocycles. The van der Waals surface area contributed by atoms with Crippen LogP contribution in [0.25, 0.3) is 0 Å². The molecule has 0 aromatic heterocycles. The maximum Gasteiger partial charge on any atom is 0.237 e. The van der Waals surface area contributed by atoms with Crippen LogP contribution in [0.4, 0.5) is 0 Å². The number of nitrogens with one attached hydrogen (secondary N) is 1. The fraction of sp³-hybridized carbons (Fsp3) is 0.714. The van der Waals surface area contributed by atoms with Crippen LogP contribution in [0.2, 0.25) is 0 Å². The van der Waals surface area contributed by atoms with E-state index in [1.807, 2.05) is 0 Å². The minimum absolute atomic E-state index is 0.172. The van der Waals surface area contributed by atoms with Crippen LogP contribution in [0.15, 0.2) is 0 Å². The predicted octanol–water partition coefficient (Wildman–Crippen LogP) is -2.31. The molecule has 0 bridgehead atoms. The second-order valence-corrected chi connectivity index (χ2v) is 2.87. The normalized spacial score (nSPS) is 14.7. The van der Waals surface area contributed by atoms with Gasteiger partial charge in [-0.25, -0.2) is 0 Å². The summed E-state index contributed by atoms with van der Waals surface area (Å²) in [5.41, 5.74) is 10.2. The lowest BCUT2D eigenvalue weighted by Gasteiger charge is -2.14. The Morgan fingerprint density at radius 2 is 2.08 bits per heavy atom. The highest BCUT2D eigenvalue weighted by molar-refractivity contribution is 5.87. The van der Waals surface area contributed by atoms with Crippen molar-refractivity contribution in [1.29, 1.82) is 0 Å². The number of carbonyl (C=O) groups is 2. The van der Waals surface area contributed by atoms with E-state index in [0.717, 1.165) is 0 Å². The van der Waals surface area contributed by atoms with Gasteiger partial charge in [-0.05, 0) is 6.92 Å². The summed E-state index contributed by atoms with van der Waals surface area (Å²) in [6.45, 7) is 1.45. The lowest BCUT2D eigenvalue weighted by atomic mass is 10.2. The van der Waals surface area contributed by atoms with Gasteiger partial charge in [-0.3, -0.25) is 9.59 Å². The molecule has 0 aliphatic rings. The Bertz CT molecular complexity index is 195. The van der Waals surface area contributed by atoms with E-state index in [0.29, 0.717) is 0 Å². The van der Waals surface area contributed by atoms with Gasteiger partial charge in [0.05, 0.1) is 19.1 Å². The molecule has 1 unspecified atom stereocenters. The summed E-state index contributed by atoms with van der Waals surface area (Å²) in [6, 6.07) is -1.31. The molecular formula is C7H15N3O3. The molecule has 0 saturated carbocycles. The van der Waals surface area contributed by atoms with Crippen LogP contribution in [0.3, 0.4) is 0 Å². The van der Waals surface area contributed by atoms with Gasteiger partial charge in [-0.1, -0.05) is 0 Å². The van der Waals surface area contributed by atoms with Crippen molar-refractivity contribution in [3.8, 4) is 0 Å². The van der Waals surface area contributed by atoms with Crippen LogP contribution < -0.4 is 16.8 Å². The Morgan fingerprint density at radius 3 is 2.46 bits per heavy atom. The molecule has 0 fully saturated rings. The fourth-order valence-corrected chi connectivity index (χ4v) is 0.705. The summed E-state index contributed by atoms with van der Waals surface area (Å²) in [7, 11) is 0. The molecule has 6 N–H and O–H groups in total. The summed E-state index contributed by atoms with van der Waals surface area (Å²) in [6.07, 6.45) is -0.190. The number of nitrogens with two attached hydrogens (primary N) is 2. The average Bonchev–Trinajstić information content (AvgIpc) is 2.02. The molecule has 13 heavy (non-hydrogen) atoms. The van der Waals surface area contributed by atoms with Crippen molar-refractivity contribution in [2.45, 2.75) is 25.4 Å². The number of rotatable bonds is 5. The molecule has 0 rings (SSSR count). The summed E-state index contributed by atoms with van der Waals surface area (Å²) in [5.74, 6) is -1.11. The molecule has 0 saturated heterocycles. The van der Waals surface area contributed by atoms with Gasteiger partial charge in [0.15, 0.2) is 0 Å². The summed E-state index contributed by atoms with van der Waals surface area (Å²) in [4.78, 5) is 21.5. The van der Waals surface area contributed by atoms with Crippen LogP contribution in [-0.4, -0.2) is 35.6 Å². The van der Waals surface area contributed by atoms with Gasteiger partial charge < -0.3 is 21.9 Å². The van der Waals surface area contributed by atoms with Crippen molar-refractivity contribution in [3.05, 3.63) is 0 Å². The third kappa shape index (κ3) is 5.15. The third-order valence-electron chi connectivity index (χ3n) is 1.42. The van der Waals surface area contributed by atoms with Gasteiger partial charge in [0.1, 0.15) is 0 Å². The van der Waals surface area contributed by atoms with Gasteiger partial charge >= 0.3 is 0 Å². The van der Waals surface area contributed by atoms with E-state index in [1.54, 1.807) is 6.92 Å². The van der Waals surface area contributed by atoms with Gasteiger partial charge in [0, 0.05) is 6.04 Å². The maximum absolute atomic E-state index is 11.1. The van der Waals surface area contributed by atoms with E-state index < -0.39 is 17.9 Å². The van der Waals surface area contributed by atoms with E-state index in [9.17, 15) is 9.59 Å². The Labute approximate surface area is 76.3 Å². The van der Waals surface area contributed by atoms with E-state index in [2.05, 4.69) is 5.32 Å². The molecular weight excluding hydrogens is 174 g/mol. The first kappa shape index (κ1) is 11.9. The van der Waals surface area contributed by atoms with Crippen LogP contribution in [0, 0.1) is 0 Å². The van der Waals surface area contributed by atoms with Crippen LogP contribution in [0.5, 0.6) is 0 Å². The molecule has 6 nitrogen and oxygen atoms in total. The first-order valence-corrected chi connectivity index (χ1v) is 3.92. The number of amides is 2. The van der Waals surface area contributed by atoms with E-state index in [4.69, 9.17) is 16.6 Å². The molecule has 2 atom stereocenters. The van der Waals surface area contributed by atoms with Gasteiger partial charge in [-0.2, -0.15) is 0 Å². The number of aliphatic hydroxyl groups excluding tert-OH is 1. The number of carbonyl (C=O) groups excluding carboxylic acids is 2. The molecule has 6 heteroatoms. The molecule has 2 amide bonds. The lowest BCUT2D eigenvalue weighted by molar-refractivity contribution is -0.126. The first-order chi connectivity index (χ1) is 5.97. The zero-order chi connectivity index (χ0) is 10.4. The Morgan fingerprint density at radius 1 is 1.54 bits per heavy atom. The molecule has 0 aromatic rings. The van der Waals surface area contributed by atoms with Crippen molar-refractivity contribution in [3.63, 3.8) is 0 Å². The average molecular weight is 189 g/mol. The van der Waals surface area contributed by atoms with Crippen LogP contribution in [0.1, 0.15) is 13.3 Å². The first-order valence-electron chi connectivity index (χ1n) is 3.92. The standard InChI is InChI=1S/C7H15N3O3/c1-4(3-11)10-7(13)5(8)2-6(9)12/h4-5,11H,2-3,8H2,1H3,(H2,9,12)(H,10,13)/t4-,5?/m1/s1. The minimum Gasteiger partial charge on any atom is -0.394 e. The van der Waals surface area contributed by atoms with Crippen molar-refractivity contribution < 1.29 is 14.7 Å². The highest BCUT2D eigenvalue weighted by atomic mass is 16.3. The van der Waals surface area contributed by atoms with Gasteiger partial charge in [0.25, 0.3) is 0 Å². The largest absolute Gasteiger partial charge is 0.394 e. The summed E-state index contributed by atoms with van der Waals surface area (Å²) < 4.78 is 0. The number of hydrogen-bond acceptors (Lipinski definition) is 4. The maximum atomic E-state index is 11.1. The van der Waals surface area contributed by atoms with Crippen LogP contribution >= 0.6 is 0 Å². The Hall–Kier alpha value is -1.14. The van der Waals surface area contributed by atoms with Crippen molar-refractivity contribution >= 4 is 11.8 Å². The van der Waals surface area contributed by atoms with E-state index in [-0.39, 0.29) is 19.1 Å². The minimum atomic E-state index is -0.938. The van der Waals surface area contributed by atoms with E-state index >= 15 is 0 Å². The van der Waals surface area contributed by atoms with Gasteiger partial charge in [0.2, 0.25) is 11.8 Å². The zero-order valence-corrected chi connectivity index (χ0v) is 7.49. The fourth-order valence-electron chi connectivity index (χ4n) is 0.705. The lowest BCUT2D eigenvalue weighted by Crippen LogP contribution is -2.47. The molecule has 0 heterocycles. The third-order valence-corrected chi connectivity index (χ3v) is 1.42. The molecule has 0 spiro atoms. The van der Waals surface area contributed by atoms with Crippen LogP contribution in [-0.2, 0) is 9.59 Å².